The monoisotopic (exact) mass is 307 g/mol. The van der Waals surface area contributed by atoms with Crippen LogP contribution in [-0.2, 0) is 0 Å². The van der Waals surface area contributed by atoms with Gasteiger partial charge in [-0.05, 0) is 46.6 Å². The van der Waals surface area contributed by atoms with Crippen molar-refractivity contribution in [2.45, 2.75) is 6.92 Å². The lowest BCUT2D eigenvalue weighted by atomic mass is 10.2. The normalized spacial score (nSPS) is 10.1. The minimum atomic E-state index is -0.453. The zero-order valence-electron chi connectivity index (χ0n) is 9.59. The Hall–Kier alpha value is -1.88. The average molecular weight is 308 g/mol. The van der Waals surface area contributed by atoms with Crippen molar-refractivity contribution in [2.24, 2.45) is 0 Å². The van der Waals surface area contributed by atoms with Gasteiger partial charge in [-0.15, -0.1) is 0 Å². The number of hydrogen-bond donors (Lipinski definition) is 0. The Bertz CT molecular complexity index is 599. The summed E-state index contributed by atoms with van der Waals surface area (Å²) in [5, 5.41) is 10.9. The Morgan fingerprint density at radius 3 is 2.56 bits per heavy atom. The summed E-state index contributed by atoms with van der Waals surface area (Å²) in [5.41, 5.74) is 0.860. The second-order valence-corrected chi connectivity index (χ2v) is 4.62. The minimum Gasteiger partial charge on any atom is -0.449 e. The van der Waals surface area contributed by atoms with Crippen molar-refractivity contribution in [2.75, 3.05) is 0 Å². The van der Waals surface area contributed by atoms with E-state index in [1.807, 2.05) is 25.1 Å². The van der Waals surface area contributed by atoms with Crippen LogP contribution in [0.5, 0.6) is 11.5 Å². The number of rotatable bonds is 3. The van der Waals surface area contributed by atoms with E-state index in [1.165, 1.54) is 6.07 Å². The second-order valence-electron chi connectivity index (χ2n) is 3.76. The van der Waals surface area contributed by atoms with E-state index in [1.54, 1.807) is 18.2 Å². The van der Waals surface area contributed by atoms with E-state index < -0.39 is 4.92 Å². The summed E-state index contributed by atoms with van der Waals surface area (Å²) in [7, 11) is 0. The number of para-hydroxylation sites is 1. The number of ether oxygens (including phenoxy) is 1. The molecule has 0 bridgehead atoms. The van der Waals surface area contributed by atoms with Gasteiger partial charge in [-0.2, -0.15) is 0 Å². The molecule has 4 nitrogen and oxygen atoms in total. The van der Waals surface area contributed by atoms with Crippen LogP contribution in [0.3, 0.4) is 0 Å². The fourth-order valence-corrected chi connectivity index (χ4v) is 1.87. The Balaban J connectivity index is 2.42. The molecule has 5 heteroatoms. The maximum atomic E-state index is 10.9. The summed E-state index contributed by atoms with van der Waals surface area (Å²) in [4.78, 5) is 10.5. The lowest BCUT2D eigenvalue weighted by Gasteiger charge is -2.08. The van der Waals surface area contributed by atoms with Crippen LogP contribution in [0.15, 0.2) is 46.9 Å². The summed E-state index contributed by atoms with van der Waals surface area (Å²) < 4.78 is 6.34. The first-order valence-corrected chi connectivity index (χ1v) is 6.04. The van der Waals surface area contributed by atoms with E-state index in [0.29, 0.717) is 5.75 Å². The van der Waals surface area contributed by atoms with Crippen LogP contribution in [0.4, 0.5) is 5.69 Å². The Morgan fingerprint density at radius 2 is 1.89 bits per heavy atom. The molecule has 0 unspecified atom stereocenters. The maximum Gasteiger partial charge on any atom is 0.311 e. The first-order chi connectivity index (χ1) is 8.58. The SMILES string of the molecule is Cc1ccc([N+](=O)[O-])c(Oc2ccccc2Br)c1. The van der Waals surface area contributed by atoms with Crippen LogP contribution in [0.2, 0.25) is 0 Å². The van der Waals surface area contributed by atoms with E-state index >= 15 is 0 Å². The van der Waals surface area contributed by atoms with Gasteiger partial charge >= 0.3 is 5.69 Å². The predicted molar refractivity (Wildman–Crippen MR) is 72.0 cm³/mol. The molecule has 0 atom stereocenters. The topological polar surface area (TPSA) is 52.4 Å². The quantitative estimate of drug-likeness (QED) is 0.621. The molecule has 18 heavy (non-hydrogen) atoms. The summed E-state index contributed by atoms with van der Waals surface area (Å²) in [6, 6.07) is 12.0. The number of hydrogen-bond acceptors (Lipinski definition) is 3. The molecule has 0 fully saturated rings. The van der Waals surface area contributed by atoms with Gasteiger partial charge in [-0.1, -0.05) is 18.2 Å². The zero-order chi connectivity index (χ0) is 13.1. The molecule has 2 aromatic rings. The van der Waals surface area contributed by atoms with Crippen LogP contribution in [0.25, 0.3) is 0 Å². The van der Waals surface area contributed by atoms with Gasteiger partial charge in [0.1, 0.15) is 5.75 Å². The Labute approximate surface area is 112 Å². The molecule has 0 saturated carbocycles. The molecule has 0 spiro atoms. The molecule has 0 radical (unpaired) electrons. The largest absolute Gasteiger partial charge is 0.449 e. The third-order valence-corrected chi connectivity index (χ3v) is 3.02. The summed E-state index contributed by atoms with van der Waals surface area (Å²) >= 11 is 3.34. The van der Waals surface area contributed by atoms with Gasteiger partial charge in [0.25, 0.3) is 0 Å². The number of nitrogens with zero attached hydrogens (tertiary/aromatic N) is 1. The maximum absolute atomic E-state index is 10.9. The first-order valence-electron chi connectivity index (χ1n) is 5.25. The molecule has 0 amide bonds. The molecule has 0 heterocycles. The van der Waals surface area contributed by atoms with Gasteiger partial charge in [0.15, 0.2) is 0 Å². The molecular formula is C13H10BrNO3. The lowest BCUT2D eigenvalue weighted by Crippen LogP contribution is -1.94. The fourth-order valence-electron chi connectivity index (χ4n) is 1.50. The number of nitro groups is 1. The highest BCUT2D eigenvalue weighted by Crippen LogP contribution is 2.35. The third-order valence-electron chi connectivity index (χ3n) is 2.37. The van der Waals surface area contributed by atoms with Crippen LogP contribution < -0.4 is 4.74 Å². The average Bonchev–Trinajstić information content (AvgIpc) is 2.32. The lowest BCUT2D eigenvalue weighted by molar-refractivity contribution is -0.385. The van der Waals surface area contributed by atoms with Crippen molar-refractivity contribution in [1.29, 1.82) is 0 Å². The Morgan fingerprint density at radius 1 is 1.17 bits per heavy atom. The summed E-state index contributed by atoms with van der Waals surface area (Å²) in [6.07, 6.45) is 0. The minimum absolute atomic E-state index is 0.0450. The molecule has 2 rings (SSSR count). The number of halogens is 1. The zero-order valence-corrected chi connectivity index (χ0v) is 11.2. The number of nitro benzene ring substituents is 1. The predicted octanol–water partition coefficient (Wildman–Crippen LogP) is 4.46. The van der Waals surface area contributed by atoms with Gasteiger partial charge in [0, 0.05) is 6.07 Å². The number of aryl methyl sites for hydroxylation is 1. The molecule has 92 valence electrons. The van der Waals surface area contributed by atoms with E-state index in [-0.39, 0.29) is 11.4 Å². The van der Waals surface area contributed by atoms with Crippen LogP contribution in [-0.4, -0.2) is 4.92 Å². The van der Waals surface area contributed by atoms with Crippen molar-refractivity contribution in [3.05, 3.63) is 62.6 Å². The molecular weight excluding hydrogens is 298 g/mol. The molecule has 0 aromatic heterocycles. The van der Waals surface area contributed by atoms with E-state index in [4.69, 9.17) is 4.74 Å². The van der Waals surface area contributed by atoms with Crippen molar-refractivity contribution in [3.63, 3.8) is 0 Å². The highest BCUT2D eigenvalue weighted by molar-refractivity contribution is 9.10. The molecule has 0 aliphatic carbocycles. The van der Waals surface area contributed by atoms with E-state index in [2.05, 4.69) is 15.9 Å². The number of benzene rings is 2. The van der Waals surface area contributed by atoms with E-state index in [9.17, 15) is 10.1 Å². The van der Waals surface area contributed by atoms with Crippen LogP contribution >= 0.6 is 15.9 Å². The van der Waals surface area contributed by atoms with Gasteiger partial charge < -0.3 is 4.74 Å². The smallest absolute Gasteiger partial charge is 0.311 e. The highest BCUT2D eigenvalue weighted by Gasteiger charge is 2.16. The summed E-state index contributed by atoms with van der Waals surface area (Å²) in [5.74, 6) is 0.790. The van der Waals surface area contributed by atoms with Crippen molar-refractivity contribution >= 4 is 21.6 Å². The van der Waals surface area contributed by atoms with Gasteiger partial charge in [0.2, 0.25) is 5.75 Å². The standard InChI is InChI=1S/C13H10BrNO3/c1-9-6-7-11(15(16)17)13(8-9)18-12-5-3-2-4-10(12)14/h2-8H,1H3. The molecule has 0 aliphatic heterocycles. The molecule has 0 saturated heterocycles. The van der Waals surface area contributed by atoms with Crippen molar-refractivity contribution in [1.82, 2.24) is 0 Å². The molecule has 0 aliphatic rings. The van der Waals surface area contributed by atoms with Crippen molar-refractivity contribution < 1.29 is 9.66 Å². The highest BCUT2D eigenvalue weighted by atomic mass is 79.9. The molecule has 2 aromatic carbocycles. The fraction of sp³-hybridized carbons (Fsp3) is 0.0769. The first kappa shape index (κ1) is 12.6. The second kappa shape index (κ2) is 5.18. The van der Waals surface area contributed by atoms with Gasteiger partial charge in [-0.3, -0.25) is 10.1 Å². The van der Waals surface area contributed by atoms with Crippen LogP contribution in [0.1, 0.15) is 5.56 Å². The van der Waals surface area contributed by atoms with Crippen LogP contribution in [0, 0.1) is 17.0 Å². The Kier molecular flexibility index (Phi) is 3.62. The van der Waals surface area contributed by atoms with Gasteiger partial charge in [-0.25, -0.2) is 0 Å². The van der Waals surface area contributed by atoms with Crippen molar-refractivity contribution in [3.8, 4) is 11.5 Å². The third kappa shape index (κ3) is 2.68. The summed E-state index contributed by atoms with van der Waals surface area (Å²) in [6.45, 7) is 1.86. The van der Waals surface area contributed by atoms with E-state index in [0.717, 1.165) is 10.0 Å². The molecule has 0 N–H and O–H groups in total. The van der Waals surface area contributed by atoms with Gasteiger partial charge in [0.05, 0.1) is 9.40 Å².